The molecule has 1 aromatic rings. The molecule has 2 rings (SSSR count). The number of benzene rings is 1. The van der Waals surface area contributed by atoms with Gasteiger partial charge in [-0.3, -0.25) is 0 Å². The maximum atomic E-state index is 6.24. The maximum Gasteiger partial charge on any atom is 0.124 e. The molecule has 1 atom stereocenters. The number of hydrogen-bond donors (Lipinski definition) is 0. The van der Waals surface area contributed by atoms with Gasteiger partial charge in [-0.15, -0.1) is 0 Å². The molecule has 0 bridgehead atoms. The number of fused-ring (bicyclic) bond motifs is 1. The highest BCUT2D eigenvalue weighted by Crippen LogP contribution is 2.37. The Morgan fingerprint density at radius 2 is 1.95 bits per heavy atom. The summed E-state index contributed by atoms with van der Waals surface area (Å²) in [6.07, 6.45) is 4.56. The first-order valence-electron chi connectivity index (χ1n) is 7.67. The highest BCUT2D eigenvalue weighted by molar-refractivity contribution is 5.40. The van der Waals surface area contributed by atoms with Crippen LogP contribution in [0, 0.1) is 6.92 Å². The summed E-state index contributed by atoms with van der Waals surface area (Å²) in [6, 6.07) is 6.53. The standard InChI is InChI=1S/C20H26O/c1-13(2)15(4)12-16(5)17(6)21-20-11-10-18-14(3)8-7-9-19(18)20/h7-9,12,20H,1,10-11H2,2-6H3/b15-12-,17-16+. The van der Waals surface area contributed by atoms with E-state index in [1.807, 2.05) is 6.92 Å². The Bertz CT molecular complexity index is 617. The van der Waals surface area contributed by atoms with Gasteiger partial charge in [-0.2, -0.15) is 0 Å². The molecule has 0 saturated carbocycles. The highest BCUT2D eigenvalue weighted by atomic mass is 16.5. The van der Waals surface area contributed by atoms with Crippen LogP contribution in [0.4, 0.5) is 0 Å². The molecule has 0 aromatic heterocycles. The van der Waals surface area contributed by atoms with Crippen LogP contribution in [0.15, 0.2) is 53.3 Å². The fraction of sp³-hybridized carbons (Fsp3) is 0.400. The number of ether oxygens (including phenoxy) is 1. The molecule has 0 spiro atoms. The molecule has 0 amide bonds. The van der Waals surface area contributed by atoms with E-state index in [9.17, 15) is 0 Å². The summed E-state index contributed by atoms with van der Waals surface area (Å²) in [5, 5.41) is 0. The molecule has 1 nitrogen and oxygen atoms in total. The Morgan fingerprint density at radius 3 is 2.62 bits per heavy atom. The van der Waals surface area contributed by atoms with Gasteiger partial charge in [0, 0.05) is 0 Å². The van der Waals surface area contributed by atoms with Crippen molar-refractivity contribution in [2.45, 2.75) is 53.6 Å². The summed E-state index contributed by atoms with van der Waals surface area (Å²) in [4.78, 5) is 0. The van der Waals surface area contributed by atoms with E-state index >= 15 is 0 Å². The van der Waals surface area contributed by atoms with E-state index in [-0.39, 0.29) is 6.10 Å². The second kappa shape index (κ2) is 6.34. The Hall–Kier alpha value is -1.76. The zero-order valence-corrected chi connectivity index (χ0v) is 13.9. The monoisotopic (exact) mass is 282 g/mol. The molecule has 1 aliphatic rings. The molecule has 1 aromatic carbocycles. The van der Waals surface area contributed by atoms with Gasteiger partial charge in [0.05, 0.1) is 5.76 Å². The summed E-state index contributed by atoms with van der Waals surface area (Å²) in [6.45, 7) is 14.5. The summed E-state index contributed by atoms with van der Waals surface area (Å²) in [5.41, 5.74) is 7.71. The predicted molar refractivity (Wildman–Crippen MR) is 90.3 cm³/mol. The minimum atomic E-state index is 0.202. The van der Waals surface area contributed by atoms with E-state index in [0.717, 1.165) is 24.2 Å². The number of aryl methyl sites for hydroxylation is 1. The summed E-state index contributed by atoms with van der Waals surface area (Å²) in [5.74, 6) is 1.01. The first-order chi connectivity index (χ1) is 9.90. The van der Waals surface area contributed by atoms with Crippen molar-refractivity contribution in [2.75, 3.05) is 0 Å². The largest absolute Gasteiger partial charge is 0.490 e. The van der Waals surface area contributed by atoms with Crippen LogP contribution in [0.3, 0.4) is 0 Å². The van der Waals surface area contributed by atoms with Crippen LogP contribution >= 0.6 is 0 Å². The first-order valence-corrected chi connectivity index (χ1v) is 7.67. The minimum Gasteiger partial charge on any atom is -0.490 e. The summed E-state index contributed by atoms with van der Waals surface area (Å²) < 4.78 is 6.24. The molecular weight excluding hydrogens is 256 g/mol. The normalized spacial score (nSPS) is 19.1. The van der Waals surface area contributed by atoms with Crippen molar-refractivity contribution in [1.29, 1.82) is 0 Å². The third-order valence-corrected chi connectivity index (χ3v) is 4.43. The van der Waals surface area contributed by atoms with E-state index in [2.05, 4.69) is 58.5 Å². The van der Waals surface area contributed by atoms with Crippen LogP contribution in [0.25, 0.3) is 0 Å². The molecule has 112 valence electrons. The zero-order chi connectivity index (χ0) is 15.6. The van der Waals surface area contributed by atoms with Gasteiger partial charge >= 0.3 is 0 Å². The lowest BCUT2D eigenvalue weighted by atomic mass is 10.0. The topological polar surface area (TPSA) is 9.23 Å². The Labute approximate surface area is 129 Å². The van der Waals surface area contributed by atoms with Gasteiger partial charge in [0.25, 0.3) is 0 Å². The molecule has 0 aliphatic heterocycles. The van der Waals surface area contributed by atoms with Crippen molar-refractivity contribution >= 4 is 0 Å². The molecule has 21 heavy (non-hydrogen) atoms. The van der Waals surface area contributed by atoms with Crippen molar-refractivity contribution in [2.24, 2.45) is 0 Å². The van der Waals surface area contributed by atoms with E-state index in [0.29, 0.717) is 0 Å². The summed E-state index contributed by atoms with van der Waals surface area (Å²) in [7, 11) is 0. The van der Waals surface area contributed by atoms with Crippen LogP contribution in [0.2, 0.25) is 0 Å². The predicted octanol–water partition coefficient (Wildman–Crippen LogP) is 5.82. The fourth-order valence-electron chi connectivity index (χ4n) is 2.78. The van der Waals surface area contributed by atoms with E-state index < -0.39 is 0 Å². The van der Waals surface area contributed by atoms with E-state index in [1.165, 1.54) is 27.8 Å². The summed E-state index contributed by atoms with van der Waals surface area (Å²) >= 11 is 0. The van der Waals surface area contributed by atoms with Crippen LogP contribution in [0.5, 0.6) is 0 Å². The Balaban J connectivity index is 2.19. The van der Waals surface area contributed by atoms with Crippen LogP contribution < -0.4 is 0 Å². The second-order valence-corrected chi connectivity index (χ2v) is 6.13. The van der Waals surface area contributed by atoms with Gasteiger partial charge in [0.15, 0.2) is 0 Å². The van der Waals surface area contributed by atoms with Gasteiger partial charge < -0.3 is 4.74 Å². The zero-order valence-electron chi connectivity index (χ0n) is 13.9. The Kier molecular flexibility index (Phi) is 4.72. The second-order valence-electron chi connectivity index (χ2n) is 6.13. The third kappa shape index (κ3) is 3.47. The maximum absolute atomic E-state index is 6.24. The molecule has 0 radical (unpaired) electrons. The quantitative estimate of drug-likeness (QED) is 0.500. The fourth-order valence-corrected chi connectivity index (χ4v) is 2.78. The molecule has 1 aliphatic carbocycles. The lowest BCUT2D eigenvalue weighted by Gasteiger charge is -2.17. The van der Waals surface area contributed by atoms with Gasteiger partial charge in [-0.1, -0.05) is 36.4 Å². The smallest absolute Gasteiger partial charge is 0.124 e. The van der Waals surface area contributed by atoms with Gasteiger partial charge in [-0.05, 0) is 75.3 Å². The molecule has 1 heteroatoms. The lowest BCUT2D eigenvalue weighted by molar-refractivity contribution is 0.118. The average molecular weight is 282 g/mol. The first kappa shape index (κ1) is 15.6. The SMILES string of the molecule is C=C(C)/C(C)=C\C(C)=C(/C)OC1CCc2c(C)cccc21. The highest BCUT2D eigenvalue weighted by Gasteiger charge is 2.25. The molecule has 0 saturated heterocycles. The lowest BCUT2D eigenvalue weighted by Crippen LogP contribution is -2.00. The number of allylic oxidation sites excluding steroid dienone is 5. The van der Waals surface area contributed by atoms with Crippen LogP contribution in [-0.4, -0.2) is 0 Å². The van der Waals surface area contributed by atoms with Crippen molar-refractivity contribution in [3.05, 3.63) is 70.0 Å². The Morgan fingerprint density at radius 1 is 1.24 bits per heavy atom. The molecule has 0 heterocycles. The number of hydrogen-bond acceptors (Lipinski definition) is 1. The van der Waals surface area contributed by atoms with Crippen molar-refractivity contribution in [1.82, 2.24) is 0 Å². The van der Waals surface area contributed by atoms with Gasteiger partial charge in [0.2, 0.25) is 0 Å². The molecule has 1 unspecified atom stereocenters. The molecular formula is C20H26O. The average Bonchev–Trinajstić information content (AvgIpc) is 2.83. The number of rotatable bonds is 4. The minimum absolute atomic E-state index is 0.202. The van der Waals surface area contributed by atoms with Crippen molar-refractivity contribution in [3.8, 4) is 0 Å². The van der Waals surface area contributed by atoms with Gasteiger partial charge in [-0.25, -0.2) is 0 Å². The van der Waals surface area contributed by atoms with Crippen molar-refractivity contribution in [3.63, 3.8) is 0 Å². The van der Waals surface area contributed by atoms with Gasteiger partial charge in [0.1, 0.15) is 6.10 Å². The third-order valence-electron chi connectivity index (χ3n) is 4.43. The van der Waals surface area contributed by atoms with E-state index in [1.54, 1.807) is 0 Å². The van der Waals surface area contributed by atoms with Crippen molar-refractivity contribution < 1.29 is 4.74 Å². The molecule has 0 N–H and O–H groups in total. The van der Waals surface area contributed by atoms with Crippen LogP contribution in [-0.2, 0) is 11.2 Å². The molecule has 0 fully saturated rings. The van der Waals surface area contributed by atoms with Crippen LogP contribution in [0.1, 0.15) is 56.9 Å². The van der Waals surface area contributed by atoms with E-state index in [4.69, 9.17) is 4.74 Å².